The summed E-state index contributed by atoms with van der Waals surface area (Å²) in [6.45, 7) is 2.94. The van der Waals surface area contributed by atoms with E-state index in [0.717, 1.165) is 12.1 Å². The summed E-state index contributed by atoms with van der Waals surface area (Å²) in [6, 6.07) is 15.0. The van der Waals surface area contributed by atoms with Crippen LogP contribution in [0.25, 0.3) is 0 Å². The van der Waals surface area contributed by atoms with E-state index in [4.69, 9.17) is 4.74 Å². The summed E-state index contributed by atoms with van der Waals surface area (Å²) in [6.07, 6.45) is 1.56. The molecule has 28 heavy (non-hydrogen) atoms. The molecular formula is C21H24N2O4S. The van der Waals surface area contributed by atoms with E-state index < -0.39 is 15.9 Å². The summed E-state index contributed by atoms with van der Waals surface area (Å²) in [4.78, 5) is 17.3. The Morgan fingerprint density at radius 1 is 1.04 bits per heavy atom. The van der Waals surface area contributed by atoms with Gasteiger partial charge in [-0.2, -0.15) is 0 Å². The molecule has 0 N–H and O–H groups in total. The lowest BCUT2D eigenvalue weighted by Crippen LogP contribution is -2.52. The third-order valence-corrected chi connectivity index (χ3v) is 6.54. The van der Waals surface area contributed by atoms with Gasteiger partial charge >= 0.3 is 0 Å². The van der Waals surface area contributed by atoms with Crippen molar-refractivity contribution in [3.63, 3.8) is 0 Å². The number of amides is 1. The van der Waals surface area contributed by atoms with Crippen molar-refractivity contribution >= 4 is 21.4 Å². The molecule has 2 aliphatic heterocycles. The first-order valence-corrected chi connectivity index (χ1v) is 11.3. The Labute approximate surface area is 165 Å². The predicted molar refractivity (Wildman–Crippen MR) is 107 cm³/mol. The van der Waals surface area contributed by atoms with Crippen molar-refractivity contribution < 1.29 is 17.9 Å². The molecule has 1 unspecified atom stereocenters. The Bertz CT molecular complexity index is 972. The van der Waals surface area contributed by atoms with E-state index in [-0.39, 0.29) is 5.91 Å². The molecule has 6 nitrogen and oxygen atoms in total. The number of hydrogen-bond acceptors (Lipinski definition) is 5. The highest BCUT2D eigenvalue weighted by Crippen LogP contribution is 2.23. The molecule has 2 aromatic carbocycles. The molecule has 0 bridgehead atoms. The smallest absolute Gasteiger partial charge is 0.253 e. The monoisotopic (exact) mass is 400 g/mol. The fourth-order valence-corrected chi connectivity index (χ4v) is 4.46. The fourth-order valence-electron chi connectivity index (χ4n) is 3.82. The van der Waals surface area contributed by atoms with Crippen molar-refractivity contribution in [1.29, 1.82) is 0 Å². The fraction of sp³-hybridized carbons (Fsp3) is 0.381. The first kappa shape index (κ1) is 19.0. The molecule has 0 aromatic heterocycles. The topological polar surface area (TPSA) is 66.9 Å². The number of anilines is 1. The van der Waals surface area contributed by atoms with Crippen LogP contribution in [0.15, 0.2) is 53.4 Å². The van der Waals surface area contributed by atoms with Gasteiger partial charge in [-0.15, -0.1) is 0 Å². The summed E-state index contributed by atoms with van der Waals surface area (Å²) in [5, 5.41) is 0. The van der Waals surface area contributed by atoms with Gasteiger partial charge in [0.1, 0.15) is 0 Å². The van der Waals surface area contributed by atoms with E-state index >= 15 is 0 Å². The molecular weight excluding hydrogens is 376 g/mol. The standard InChI is InChI=1S/C21H24N2O4S/c1-28(25,26)19-8-6-18(7-9-19)22-12-13-27-20(15-22)21(24)23-11-10-16-4-2-3-5-17(16)14-23/h2-9,20H,10-15H2,1H3. The van der Waals surface area contributed by atoms with Gasteiger partial charge in [0.25, 0.3) is 5.91 Å². The van der Waals surface area contributed by atoms with Gasteiger partial charge in [0, 0.05) is 31.6 Å². The van der Waals surface area contributed by atoms with E-state index in [1.807, 2.05) is 17.0 Å². The van der Waals surface area contributed by atoms with Gasteiger partial charge in [-0.05, 0) is 41.8 Å². The number of carbonyl (C=O) groups excluding carboxylic acids is 1. The Morgan fingerprint density at radius 2 is 1.75 bits per heavy atom. The maximum absolute atomic E-state index is 13.0. The van der Waals surface area contributed by atoms with Crippen LogP contribution in [0.2, 0.25) is 0 Å². The number of benzene rings is 2. The first-order valence-electron chi connectivity index (χ1n) is 9.44. The van der Waals surface area contributed by atoms with Crippen LogP contribution in [0, 0.1) is 0 Å². The molecule has 4 rings (SSSR count). The molecule has 1 amide bonds. The summed E-state index contributed by atoms with van der Waals surface area (Å²) in [7, 11) is -3.22. The van der Waals surface area contributed by atoms with Crippen molar-refractivity contribution in [3.05, 3.63) is 59.7 Å². The number of sulfone groups is 1. The third-order valence-electron chi connectivity index (χ3n) is 5.41. The van der Waals surface area contributed by atoms with Gasteiger partial charge in [0.2, 0.25) is 0 Å². The maximum Gasteiger partial charge on any atom is 0.253 e. The zero-order valence-electron chi connectivity index (χ0n) is 15.9. The summed E-state index contributed by atoms with van der Waals surface area (Å²) >= 11 is 0. The predicted octanol–water partition coefficient (Wildman–Crippen LogP) is 1.88. The zero-order valence-corrected chi connectivity index (χ0v) is 16.7. The van der Waals surface area contributed by atoms with Crippen LogP contribution < -0.4 is 4.90 Å². The van der Waals surface area contributed by atoms with Crippen LogP contribution in [-0.2, 0) is 32.3 Å². The van der Waals surface area contributed by atoms with Crippen molar-refractivity contribution in [2.75, 3.05) is 37.4 Å². The Kier molecular flexibility index (Phi) is 5.12. The van der Waals surface area contributed by atoms with Crippen LogP contribution in [-0.4, -0.2) is 57.8 Å². The molecule has 1 fully saturated rings. The Morgan fingerprint density at radius 3 is 2.46 bits per heavy atom. The lowest BCUT2D eigenvalue weighted by atomic mass is 9.99. The maximum atomic E-state index is 13.0. The van der Waals surface area contributed by atoms with Crippen LogP contribution in [0.4, 0.5) is 5.69 Å². The van der Waals surface area contributed by atoms with Crippen molar-refractivity contribution in [2.24, 2.45) is 0 Å². The summed E-state index contributed by atoms with van der Waals surface area (Å²) < 4.78 is 29.1. The van der Waals surface area contributed by atoms with Gasteiger partial charge in [-0.1, -0.05) is 24.3 Å². The van der Waals surface area contributed by atoms with Gasteiger partial charge in [-0.3, -0.25) is 4.79 Å². The minimum Gasteiger partial charge on any atom is -0.366 e. The number of fused-ring (bicyclic) bond motifs is 1. The molecule has 2 heterocycles. The molecule has 0 aliphatic carbocycles. The highest BCUT2D eigenvalue weighted by molar-refractivity contribution is 7.90. The van der Waals surface area contributed by atoms with Gasteiger partial charge in [0.05, 0.1) is 18.0 Å². The molecule has 0 spiro atoms. The summed E-state index contributed by atoms with van der Waals surface area (Å²) in [5.41, 5.74) is 3.41. The van der Waals surface area contributed by atoms with Gasteiger partial charge in [-0.25, -0.2) is 8.42 Å². The van der Waals surface area contributed by atoms with Crippen LogP contribution in [0.3, 0.4) is 0 Å². The summed E-state index contributed by atoms with van der Waals surface area (Å²) in [5.74, 6) is 0.0203. The van der Waals surface area contributed by atoms with Crippen LogP contribution in [0.1, 0.15) is 11.1 Å². The van der Waals surface area contributed by atoms with Crippen LogP contribution >= 0.6 is 0 Å². The van der Waals surface area contributed by atoms with E-state index in [0.29, 0.717) is 37.7 Å². The minimum absolute atomic E-state index is 0.0203. The minimum atomic E-state index is -3.22. The molecule has 1 atom stereocenters. The lowest BCUT2D eigenvalue weighted by Gasteiger charge is -2.37. The Balaban J connectivity index is 1.44. The second-order valence-electron chi connectivity index (χ2n) is 7.35. The second-order valence-corrected chi connectivity index (χ2v) is 9.37. The molecule has 2 aromatic rings. The van der Waals surface area contributed by atoms with Crippen molar-refractivity contribution in [1.82, 2.24) is 4.90 Å². The average molecular weight is 401 g/mol. The van der Waals surface area contributed by atoms with Gasteiger partial charge in [0.15, 0.2) is 15.9 Å². The number of nitrogens with zero attached hydrogens (tertiary/aromatic N) is 2. The molecule has 148 valence electrons. The largest absolute Gasteiger partial charge is 0.366 e. The van der Waals surface area contributed by atoms with Crippen molar-refractivity contribution in [3.8, 4) is 0 Å². The number of morpholine rings is 1. The van der Waals surface area contributed by atoms with Gasteiger partial charge < -0.3 is 14.5 Å². The highest BCUT2D eigenvalue weighted by Gasteiger charge is 2.32. The van der Waals surface area contributed by atoms with E-state index in [1.165, 1.54) is 17.4 Å². The highest BCUT2D eigenvalue weighted by atomic mass is 32.2. The normalized spacial score (nSPS) is 20.0. The molecule has 0 radical (unpaired) electrons. The first-order chi connectivity index (χ1) is 13.4. The van der Waals surface area contributed by atoms with Crippen LogP contribution in [0.5, 0.6) is 0 Å². The molecule has 1 saturated heterocycles. The van der Waals surface area contributed by atoms with E-state index in [9.17, 15) is 13.2 Å². The lowest BCUT2D eigenvalue weighted by molar-refractivity contribution is -0.145. The Hall–Kier alpha value is -2.38. The quantitative estimate of drug-likeness (QED) is 0.787. The number of hydrogen-bond donors (Lipinski definition) is 0. The molecule has 7 heteroatoms. The molecule has 0 saturated carbocycles. The average Bonchev–Trinajstić information content (AvgIpc) is 2.72. The number of carbonyl (C=O) groups is 1. The third kappa shape index (κ3) is 3.91. The van der Waals surface area contributed by atoms with E-state index in [1.54, 1.807) is 24.3 Å². The van der Waals surface area contributed by atoms with Crippen molar-refractivity contribution in [2.45, 2.75) is 24.0 Å². The van der Waals surface area contributed by atoms with E-state index in [2.05, 4.69) is 17.0 Å². The number of rotatable bonds is 3. The second kappa shape index (κ2) is 7.56. The SMILES string of the molecule is CS(=O)(=O)c1ccc(N2CCOC(C(=O)N3CCc4ccccc4C3)C2)cc1. The molecule has 2 aliphatic rings. The zero-order chi connectivity index (χ0) is 19.7. The number of ether oxygens (including phenoxy) is 1.